The summed E-state index contributed by atoms with van der Waals surface area (Å²) in [6.45, 7) is 5.50. The highest BCUT2D eigenvalue weighted by Crippen LogP contribution is 2.43. The van der Waals surface area contributed by atoms with Crippen molar-refractivity contribution >= 4 is 13.8 Å². The van der Waals surface area contributed by atoms with Gasteiger partial charge < -0.3 is 18.9 Å². The molecule has 8 nitrogen and oxygen atoms in total. The largest absolute Gasteiger partial charge is 0.472 e. The van der Waals surface area contributed by atoms with E-state index in [-0.39, 0.29) is 25.8 Å². The lowest BCUT2D eigenvalue weighted by molar-refractivity contribution is -0.870. The van der Waals surface area contributed by atoms with Gasteiger partial charge in [0.15, 0.2) is 0 Å². The lowest BCUT2D eigenvalue weighted by atomic mass is 10.0. The molecule has 0 bridgehead atoms. The van der Waals surface area contributed by atoms with Gasteiger partial charge in [0.2, 0.25) is 0 Å². The van der Waals surface area contributed by atoms with E-state index in [1.165, 1.54) is 109 Å². The van der Waals surface area contributed by atoms with Crippen LogP contribution in [0.25, 0.3) is 0 Å². The summed E-state index contributed by atoms with van der Waals surface area (Å²) in [4.78, 5) is 22.9. The van der Waals surface area contributed by atoms with Crippen LogP contribution in [0.5, 0.6) is 0 Å². The Labute approximate surface area is 358 Å². The van der Waals surface area contributed by atoms with Gasteiger partial charge in [-0.05, 0) is 51.4 Å². The van der Waals surface area contributed by atoms with Gasteiger partial charge in [-0.25, -0.2) is 4.57 Å². The van der Waals surface area contributed by atoms with Crippen LogP contribution in [0.2, 0.25) is 0 Å². The van der Waals surface area contributed by atoms with Crippen LogP contribution in [0.15, 0.2) is 48.6 Å². The third kappa shape index (κ3) is 45.5. The van der Waals surface area contributed by atoms with Gasteiger partial charge in [-0.1, -0.05) is 191 Å². The van der Waals surface area contributed by atoms with Gasteiger partial charge in [-0.3, -0.25) is 13.8 Å². The standard InChI is InChI=1S/C49H92NO7P/c1-6-8-10-12-14-16-18-20-22-24-25-27-29-31-33-35-37-39-41-44-54-46-48(47-56-58(52,53)55-45-43-50(3,4)5)57-49(51)42-40-38-36-34-32-30-28-26-23-21-19-17-15-13-11-9-7-2/h9,11,15,17,21,23,28,30,48H,6-8,10,12-14,16,18-20,22,24-27,29,31-47H2,1-5H3/p+1/b11-9-,17-15-,23-21-,30-28-. The molecule has 9 heteroatoms. The monoisotopic (exact) mass is 839 g/mol. The van der Waals surface area contributed by atoms with Crippen LogP contribution in [-0.4, -0.2) is 75.6 Å². The molecule has 0 aliphatic heterocycles. The van der Waals surface area contributed by atoms with Crippen LogP contribution in [0.1, 0.15) is 200 Å². The molecule has 0 aromatic carbocycles. The Morgan fingerprint density at radius 2 is 1.00 bits per heavy atom. The molecule has 58 heavy (non-hydrogen) atoms. The molecule has 1 N–H and O–H groups in total. The van der Waals surface area contributed by atoms with E-state index in [9.17, 15) is 14.3 Å². The molecule has 0 rings (SSSR count). The summed E-state index contributed by atoms with van der Waals surface area (Å²) >= 11 is 0. The quantitative estimate of drug-likeness (QED) is 0.0215. The second-order valence-corrected chi connectivity index (χ2v) is 18.6. The molecule has 340 valence electrons. The first-order chi connectivity index (χ1) is 28.1. The fourth-order valence-corrected chi connectivity index (χ4v) is 7.23. The number of phosphoric ester groups is 1. The maximum atomic E-state index is 12.7. The van der Waals surface area contributed by atoms with Crippen LogP contribution in [-0.2, 0) is 27.9 Å². The molecule has 2 unspecified atom stereocenters. The minimum atomic E-state index is -4.28. The van der Waals surface area contributed by atoms with Crippen molar-refractivity contribution in [1.29, 1.82) is 0 Å². The number of nitrogens with zero attached hydrogens (tertiary/aromatic N) is 1. The van der Waals surface area contributed by atoms with Crippen LogP contribution < -0.4 is 0 Å². The number of esters is 1. The number of allylic oxidation sites excluding steroid dienone is 8. The molecule has 0 radical (unpaired) electrons. The van der Waals surface area contributed by atoms with Crippen molar-refractivity contribution in [1.82, 2.24) is 0 Å². The van der Waals surface area contributed by atoms with Crippen LogP contribution >= 0.6 is 7.82 Å². The van der Waals surface area contributed by atoms with Gasteiger partial charge in [0, 0.05) is 13.0 Å². The number of ether oxygens (including phenoxy) is 2. The number of hydrogen-bond donors (Lipinski definition) is 1. The van der Waals surface area contributed by atoms with E-state index < -0.39 is 13.9 Å². The molecule has 0 heterocycles. The zero-order chi connectivity index (χ0) is 42.7. The van der Waals surface area contributed by atoms with Gasteiger partial charge in [0.05, 0.1) is 34.4 Å². The molecule has 0 aromatic rings. The van der Waals surface area contributed by atoms with Gasteiger partial charge in [-0.15, -0.1) is 0 Å². The summed E-state index contributed by atoms with van der Waals surface area (Å²) in [5.41, 5.74) is 0. The van der Waals surface area contributed by atoms with Crippen molar-refractivity contribution in [3.05, 3.63) is 48.6 Å². The molecule has 0 aromatic heterocycles. The minimum Gasteiger partial charge on any atom is -0.457 e. The van der Waals surface area contributed by atoms with Crippen LogP contribution in [0, 0.1) is 0 Å². The highest BCUT2D eigenvalue weighted by molar-refractivity contribution is 7.47. The zero-order valence-corrected chi connectivity index (χ0v) is 39.4. The second-order valence-electron chi connectivity index (χ2n) is 17.1. The molecule has 0 saturated heterocycles. The highest BCUT2D eigenvalue weighted by Gasteiger charge is 2.26. The first-order valence-electron chi connectivity index (χ1n) is 23.9. The predicted molar refractivity (Wildman–Crippen MR) is 247 cm³/mol. The topological polar surface area (TPSA) is 91.3 Å². The fraction of sp³-hybridized carbons (Fsp3) is 0.816. The molecular weight excluding hydrogens is 746 g/mol. The van der Waals surface area contributed by atoms with Crippen molar-refractivity contribution in [2.45, 2.75) is 206 Å². The number of rotatable bonds is 44. The number of hydrogen-bond acceptors (Lipinski definition) is 6. The van der Waals surface area contributed by atoms with Crippen LogP contribution in [0.4, 0.5) is 0 Å². The van der Waals surface area contributed by atoms with Crippen molar-refractivity contribution in [3.8, 4) is 0 Å². The Balaban J connectivity index is 4.21. The summed E-state index contributed by atoms with van der Waals surface area (Å²) in [5.74, 6) is -0.335. The summed E-state index contributed by atoms with van der Waals surface area (Å²) in [6.07, 6.45) is 51.5. The number of unbranched alkanes of at least 4 members (excludes halogenated alkanes) is 22. The Bertz CT molecular complexity index is 1070. The number of phosphoric acid groups is 1. The second kappa shape index (κ2) is 42.2. The molecule has 0 amide bonds. The summed E-state index contributed by atoms with van der Waals surface area (Å²) in [6, 6.07) is 0. The molecule has 0 spiro atoms. The first-order valence-corrected chi connectivity index (χ1v) is 25.4. The van der Waals surface area contributed by atoms with Gasteiger partial charge >= 0.3 is 13.8 Å². The van der Waals surface area contributed by atoms with Crippen molar-refractivity contribution in [2.75, 3.05) is 54.1 Å². The number of quaternary nitrogens is 1. The van der Waals surface area contributed by atoms with E-state index in [1.807, 2.05) is 21.1 Å². The number of carbonyl (C=O) groups is 1. The lowest BCUT2D eigenvalue weighted by Crippen LogP contribution is -2.37. The van der Waals surface area contributed by atoms with E-state index in [4.69, 9.17) is 18.5 Å². The smallest absolute Gasteiger partial charge is 0.457 e. The van der Waals surface area contributed by atoms with E-state index in [0.717, 1.165) is 70.6 Å². The summed E-state index contributed by atoms with van der Waals surface area (Å²) in [7, 11) is 1.65. The average Bonchev–Trinajstić information content (AvgIpc) is 3.18. The van der Waals surface area contributed by atoms with Crippen molar-refractivity contribution in [2.24, 2.45) is 0 Å². The minimum absolute atomic E-state index is 0.0832. The highest BCUT2D eigenvalue weighted by atomic mass is 31.2. The van der Waals surface area contributed by atoms with E-state index >= 15 is 0 Å². The maximum Gasteiger partial charge on any atom is 0.472 e. The number of carbonyl (C=O) groups excluding carboxylic acids is 1. The average molecular weight is 839 g/mol. The molecule has 0 aliphatic rings. The first kappa shape index (κ1) is 56.5. The predicted octanol–water partition coefficient (Wildman–Crippen LogP) is 14.3. The van der Waals surface area contributed by atoms with Crippen molar-refractivity contribution < 1.29 is 37.3 Å². The third-order valence-electron chi connectivity index (χ3n) is 10.2. The van der Waals surface area contributed by atoms with Gasteiger partial charge in [0.25, 0.3) is 0 Å². The Kier molecular flexibility index (Phi) is 41.0. The Morgan fingerprint density at radius 1 is 0.552 bits per heavy atom. The molecule has 0 fully saturated rings. The third-order valence-corrected chi connectivity index (χ3v) is 11.1. The Hall–Kier alpha value is -1.54. The summed E-state index contributed by atoms with van der Waals surface area (Å²) < 4.78 is 35.1. The molecule has 0 saturated carbocycles. The Morgan fingerprint density at radius 3 is 1.50 bits per heavy atom. The maximum absolute atomic E-state index is 12.7. The lowest BCUT2D eigenvalue weighted by Gasteiger charge is -2.24. The zero-order valence-electron chi connectivity index (χ0n) is 38.5. The number of likely N-dealkylation sites (N-methyl/N-ethyl adjacent to an activating group) is 1. The van der Waals surface area contributed by atoms with Crippen LogP contribution in [0.3, 0.4) is 0 Å². The van der Waals surface area contributed by atoms with E-state index in [2.05, 4.69) is 62.5 Å². The van der Waals surface area contributed by atoms with Gasteiger partial charge in [0.1, 0.15) is 19.3 Å². The SMILES string of the molecule is CC/C=C\C/C=C\C/C=C\C/C=C\CCCCCCC(=O)OC(COCCCCCCCCCCCCCCCCCCCCC)COP(=O)(O)OCC[N+](C)(C)C. The molecule has 2 atom stereocenters. The summed E-state index contributed by atoms with van der Waals surface area (Å²) in [5, 5.41) is 0. The fourth-order valence-electron chi connectivity index (χ4n) is 6.49. The normalized spacial score (nSPS) is 14.1. The molecular formula is C49H93NO7P+. The van der Waals surface area contributed by atoms with Crippen molar-refractivity contribution in [3.63, 3.8) is 0 Å². The van der Waals surface area contributed by atoms with E-state index in [1.54, 1.807) is 0 Å². The molecule has 0 aliphatic carbocycles. The van der Waals surface area contributed by atoms with Gasteiger partial charge in [-0.2, -0.15) is 0 Å². The van der Waals surface area contributed by atoms with E-state index in [0.29, 0.717) is 24.1 Å².